The highest BCUT2D eigenvalue weighted by Crippen LogP contribution is 2.37. The smallest absolute Gasteiger partial charge is 0.307 e. The van der Waals surface area contributed by atoms with Crippen LogP contribution in [0.2, 0.25) is 0 Å². The van der Waals surface area contributed by atoms with Gasteiger partial charge in [0.1, 0.15) is 0 Å². The quantitative estimate of drug-likeness (QED) is 0.726. The third kappa shape index (κ3) is 2.71. The molecule has 0 saturated heterocycles. The van der Waals surface area contributed by atoms with E-state index in [1.54, 1.807) is 6.92 Å². The van der Waals surface area contributed by atoms with Crippen molar-refractivity contribution in [3.8, 4) is 0 Å². The number of carbonyl (C=O) groups is 1. The van der Waals surface area contributed by atoms with Crippen LogP contribution >= 0.6 is 0 Å². The van der Waals surface area contributed by atoms with Gasteiger partial charge in [-0.2, -0.15) is 0 Å². The van der Waals surface area contributed by atoms with Crippen LogP contribution in [0, 0.1) is 11.3 Å². The van der Waals surface area contributed by atoms with E-state index in [2.05, 4.69) is 19.2 Å². The summed E-state index contributed by atoms with van der Waals surface area (Å²) >= 11 is 0. The van der Waals surface area contributed by atoms with Gasteiger partial charge in [-0.25, -0.2) is 0 Å². The molecule has 3 heteroatoms. The lowest BCUT2D eigenvalue weighted by Gasteiger charge is -2.28. The predicted molar refractivity (Wildman–Crippen MR) is 56.2 cm³/mol. The van der Waals surface area contributed by atoms with Gasteiger partial charge in [0.25, 0.3) is 0 Å². The molecule has 2 atom stereocenters. The van der Waals surface area contributed by atoms with Gasteiger partial charge in [-0.05, 0) is 18.3 Å². The Labute approximate surface area is 85.9 Å². The molecular weight excluding hydrogens is 178 g/mol. The van der Waals surface area contributed by atoms with E-state index in [-0.39, 0.29) is 5.92 Å². The fraction of sp³-hybridized carbons (Fsp3) is 0.909. The molecule has 14 heavy (non-hydrogen) atoms. The molecule has 0 aliphatic heterocycles. The van der Waals surface area contributed by atoms with Crippen LogP contribution < -0.4 is 5.32 Å². The van der Waals surface area contributed by atoms with Crippen LogP contribution in [-0.4, -0.2) is 23.7 Å². The minimum absolute atomic E-state index is 0.286. The van der Waals surface area contributed by atoms with Crippen LogP contribution in [0.15, 0.2) is 0 Å². The van der Waals surface area contributed by atoms with E-state index in [1.165, 1.54) is 19.3 Å². The Morgan fingerprint density at radius 2 is 2.29 bits per heavy atom. The maximum Gasteiger partial charge on any atom is 0.307 e. The number of nitrogens with one attached hydrogen (secondary N) is 1. The van der Waals surface area contributed by atoms with Gasteiger partial charge in [0.05, 0.1) is 5.92 Å². The average Bonchev–Trinajstić information content (AvgIpc) is 2.40. The number of hydrogen-bond donors (Lipinski definition) is 2. The zero-order chi connectivity index (χ0) is 10.8. The summed E-state index contributed by atoms with van der Waals surface area (Å²) in [5.41, 5.74) is 0.332. The standard InChI is InChI=1S/C11H21NO2/c1-8(10(13)14)7-12-9-5-4-6-11(9,2)3/h8-9,12H,4-7H2,1-3H3,(H,13,14). The van der Waals surface area contributed by atoms with Gasteiger partial charge in [0.15, 0.2) is 0 Å². The van der Waals surface area contributed by atoms with Crippen molar-refractivity contribution in [2.24, 2.45) is 11.3 Å². The second-order valence-electron chi connectivity index (χ2n) is 5.08. The lowest BCUT2D eigenvalue weighted by Crippen LogP contribution is -2.41. The van der Waals surface area contributed by atoms with E-state index >= 15 is 0 Å². The average molecular weight is 199 g/mol. The monoisotopic (exact) mass is 199 g/mol. The van der Waals surface area contributed by atoms with E-state index in [9.17, 15) is 4.79 Å². The summed E-state index contributed by atoms with van der Waals surface area (Å²) in [6.07, 6.45) is 3.68. The van der Waals surface area contributed by atoms with Crippen molar-refractivity contribution in [3.63, 3.8) is 0 Å². The molecule has 1 fully saturated rings. The Balaban J connectivity index is 2.34. The summed E-state index contributed by atoms with van der Waals surface area (Å²) in [7, 11) is 0. The van der Waals surface area contributed by atoms with Crippen molar-refractivity contribution in [2.75, 3.05) is 6.54 Å². The number of rotatable bonds is 4. The summed E-state index contributed by atoms with van der Waals surface area (Å²) in [6, 6.07) is 0.490. The second-order valence-corrected chi connectivity index (χ2v) is 5.08. The first-order chi connectivity index (χ1) is 6.43. The van der Waals surface area contributed by atoms with Gasteiger partial charge in [-0.1, -0.05) is 27.2 Å². The Hall–Kier alpha value is -0.570. The zero-order valence-corrected chi connectivity index (χ0v) is 9.34. The Bertz CT molecular complexity index is 213. The van der Waals surface area contributed by atoms with Gasteiger partial charge < -0.3 is 10.4 Å². The highest BCUT2D eigenvalue weighted by Gasteiger charge is 2.34. The summed E-state index contributed by atoms with van der Waals surface area (Å²) in [4.78, 5) is 10.6. The predicted octanol–water partition coefficient (Wildman–Crippen LogP) is 1.88. The maximum atomic E-state index is 10.6. The van der Waals surface area contributed by atoms with Crippen LogP contribution in [0.3, 0.4) is 0 Å². The molecule has 1 aliphatic rings. The molecule has 0 heterocycles. The SMILES string of the molecule is CC(CNC1CCCC1(C)C)C(=O)O. The van der Waals surface area contributed by atoms with E-state index in [0.29, 0.717) is 18.0 Å². The number of carboxylic acid groups (broad SMARTS) is 1. The first-order valence-corrected chi connectivity index (χ1v) is 5.39. The van der Waals surface area contributed by atoms with E-state index in [4.69, 9.17) is 5.11 Å². The van der Waals surface area contributed by atoms with Crippen molar-refractivity contribution in [2.45, 2.75) is 46.1 Å². The van der Waals surface area contributed by atoms with E-state index in [1.807, 2.05) is 0 Å². The Morgan fingerprint density at radius 1 is 1.64 bits per heavy atom. The highest BCUT2D eigenvalue weighted by atomic mass is 16.4. The van der Waals surface area contributed by atoms with Gasteiger partial charge >= 0.3 is 5.97 Å². The first-order valence-electron chi connectivity index (χ1n) is 5.39. The maximum absolute atomic E-state index is 10.6. The third-order valence-electron chi connectivity index (χ3n) is 3.35. The molecule has 0 bridgehead atoms. The molecule has 2 N–H and O–H groups in total. The second kappa shape index (κ2) is 4.30. The van der Waals surface area contributed by atoms with Gasteiger partial charge in [0.2, 0.25) is 0 Å². The van der Waals surface area contributed by atoms with Gasteiger partial charge in [0, 0.05) is 12.6 Å². The van der Waals surface area contributed by atoms with Crippen LogP contribution in [0.1, 0.15) is 40.0 Å². The molecule has 82 valence electrons. The summed E-state index contributed by atoms with van der Waals surface area (Å²) in [6.45, 7) is 6.84. The highest BCUT2D eigenvalue weighted by molar-refractivity contribution is 5.69. The Morgan fingerprint density at radius 3 is 2.71 bits per heavy atom. The van der Waals surface area contributed by atoms with E-state index < -0.39 is 5.97 Å². The molecule has 0 spiro atoms. The molecule has 0 aromatic carbocycles. The molecule has 1 saturated carbocycles. The minimum atomic E-state index is -0.715. The number of carboxylic acids is 1. The first kappa shape index (κ1) is 11.5. The van der Waals surface area contributed by atoms with Crippen LogP contribution in [0.4, 0.5) is 0 Å². The molecule has 2 unspecified atom stereocenters. The van der Waals surface area contributed by atoms with Gasteiger partial charge in [-0.15, -0.1) is 0 Å². The van der Waals surface area contributed by atoms with Crippen molar-refractivity contribution in [3.05, 3.63) is 0 Å². The molecule has 0 aromatic rings. The van der Waals surface area contributed by atoms with Crippen LogP contribution in [0.25, 0.3) is 0 Å². The molecular formula is C11H21NO2. The number of aliphatic carboxylic acids is 1. The molecule has 0 amide bonds. The summed E-state index contributed by atoms with van der Waals surface area (Å²) < 4.78 is 0. The van der Waals surface area contributed by atoms with Crippen molar-refractivity contribution in [1.29, 1.82) is 0 Å². The van der Waals surface area contributed by atoms with Crippen molar-refractivity contribution in [1.82, 2.24) is 5.32 Å². The molecule has 3 nitrogen and oxygen atoms in total. The number of hydrogen-bond acceptors (Lipinski definition) is 2. The largest absolute Gasteiger partial charge is 0.481 e. The fourth-order valence-electron chi connectivity index (χ4n) is 2.11. The molecule has 1 aliphatic carbocycles. The normalized spacial score (nSPS) is 27.5. The van der Waals surface area contributed by atoms with Crippen LogP contribution in [0.5, 0.6) is 0 Å². The van der Waals surface area contributed by atoms with Crippen molar-refractivity contribution >= 4 is 5.97 Å². The van der Waals surface area contributed by atoms with Gasteiger partial charge in [-0.3, -0.25) is 4.79 Å². The fourth-order valence-corrected chi connectivity index (χ4v) is 2.11. The lowest BCUT2D eigenvalue weighted by molar-refractivity contribution is -0.141. The molecule has 1 rings (SSSR count). The topological polar surface area (TPSA) is 49.3 Å². The minimum Gasteiger partial charge on any atom is -0.481 e. The van der Waals surface area contributed by atoms with Crippen molar-refractivity contribution < 1.29 is 9.90 Å². The van der Waals surface area contributed by atoms with Crippen LogP contribution in [-0.2, 0) is 4.79 Å². The molecule has 0 radical (unpaired) electrons. The molecule has 0 aromatic heterocycles. The summed E-state index contributed by atoms with van der Waals surface area (Å²) in [5, 5.41) is 12.1. The van der Waals surface area contributed by atoms with E-state index in [0.717, 1.165) is 0 Å². The third-order valence-corrected chi connectivity index (χ3v) is 3.35. The lowest BCUT2D eigenvalue weighted by atomic mass is 9.87. The Kier molecular flexibility index (Phi) is 3.53. The zero-order valence-electron chi connectivity index (χ0n) is 9.34. The summed E-state index contributed by atoms with van der Waals surface area (Å²) in [5.74, 6) is -1.00.